The van der Waals surface area contributed by atoms with Crippen LogP contribution >= 0.6 is 11.6 Å². The maximum atomic E-state index is 13.6. The van der Waals surface area contributed by atoms with Crippen molar-refractivity contribution in [3.05, 3.63) is 100 Å². The molecule has 492 valence electrons. The Balaban J connectivity index is 0.000000300. The van der Waals surface area contributed by atoms with Gasteiger partial charge < -0.3 is 65.7 Å². The third kappa shape index (κ3) is 23.2. The number of carbonyl (C=O) groups excluding carboxylic acids is 3. The van der Waals surface area contributed by atoms with E-state index in [2.05, 4.69) is 20.5 Å². The SMILES string of the molecule is CCOc1ccccc1-c1ccc(N2CCN(C(=O)c3ccc(Cl)cc3C(F)F)CC2CC)c(C(N)=O)n1.O=C(O)CN1CCN(CC(=O)O)CCN(CC(=O)NCCOCCNc2cc(OCCCN3CCCC3)cc(C(=O)O)c2)CCN(CC(=O)O)CC1. The van der Waals surface area contributed by atoms with E-state index in [0.717, 1.165) is 37.7 Å². The Morgan fingerprint density at radius 3 is 1.88 bits per heavy atom. The predicted octanol–water partition coefficient (Wildman–Crippen LogP) is 4.85. The number of aliphatic carboxylic acids is 3. The minimum atomic E-state index is -2.83. The Kier molecular flexibility index (Phi) is 29.1. The van der Waals surface area contributed by atoms with Crippen LogP contribution in [0.2, 0.25) is 5.02 Å². The molecular formula is C62H84ClF2N11O14. The van der Waals surface area contributed by atoms with E-state index in [0.29, 0.717) is 120 Å². The van der Waals surface area contributed by atoms with E-state index in [9.17, 15) is 62.8 Å². The van der Waals surface area contributed by atoms with Crippen LogP contribution in [0.25, 0.3) is 11.3 Å². The number of pyridine rings is 1. The summed E-state index contributed by atoms with van der Waals surface area (Å²) in [6.45, 7) is 11.9. The quantitative estimate of drug-likeness (QED) is 0.0357. The van der Waals surface area contributed by atoms with Gasteiger partial charge in [0.25, 0.3) is 18.2 Å². The molecule has 3 aliphatic heterocycles. The molecule has 4 heterocycles. The van der Waals surface area contributed by atoms with Gasteiger partial charge in [0.2, 0.25) is 5.91 Å². The fourth-order valence-corrected chi connectivity index (χ4v) is 11.0. The molecule has 3 aromatic carbocycles. The number of halogens is 3. The summed E-state index contributed by atoms with van der Waals surface area (Å²) in [4.78, 5) is 102. The van der Waals surface area contributed by atoms with Gasteiger partial charge in [0, 0.05) is 131 Å². The fourth-order valence-electron chi connectivity index (χ4n) is 10.8. The monoisotopic (exact) mass is 1280 g/mol. The number of nitrogens with zero attached hydrogens (tertiary/aromatic N) is 8. The van der Waals surface area contributed by atoms with E-state index in [1.807, 2.05) is 54.0 Å². The molecule has 1 aromatic heterocycles. The zero-order valence-corrected chi connectivity index (χ0v) is 51.8. The van der Waals surface area contributed by atoms with Crippen molar-refractivity contribution in [3.8, 4) is 22.8 Å². The number of carbonyl (C=O) groups is 7. The molecule has 7 rings (SSSR count). The average molecular weight is 1280 g/mol. The van der Waals surface area contributed by atoms with Crippen molar-refractivity contribution >= 4 is 64.6 Å². The molecule has 3 aliphatic rings. The minimum Gasteiger partial charge on any atom is -0.493 e. The van der Waals surface area contributed by atoms with Crippen LogP contribution < -0.4 is 30.7 Å². The van der Waals surface area contributed by atoms with Crippen LogP contribution in [0.1, 0.15) is 82.7 Å². The van der Waals surface area contributed by atoms with Gasteiger partial charge in [-0.05, 0) is 100 Å². The summed E-state index contributed by atoms with van der Waals surface area (Å²) in [6.07, 6.45) is 1.12. The van der Waals surface area contributed by atoms with E-state index in [1.54, 1.807) is 31.7 Å². The lowest BCUT2D eigenvalue weighted by Gasteiger charge is -2.43. The van der Waals surface area contributed by atoms with Crippen molar-refractivity contribution in [3.63, 3.8) is 0 Å². The van der Waals surface area contributed by atoms with Gasteiger partial charge in [-0.3, -0.25) is 48.4 Å². The molecule has 3 fully saturated rings. The Morgan fingerprint density at radius 2 is 1.30 bits per heavy atom. The number of rotatable bonds is 29. The van der Waals surface area contributed by atoms with E-state index < -0.39 is 42.1 Å². The molecular weight excluding hydrogens is 1200 g/mol. The summed E-state index contributed by atoms with van der Waals surface area (Å²) < 4.78 is 44.4. The Hall–Kier alpha value is -7.79. The van der Waals surface area contributed by atoms with Crippen LogP contribution in [-0.2, 0) is 23.9 Å². The molecule has 0 bridgehead atoms. The van der Waals surface area contributed by atoms with Crippen LogP contribution in [0.3, 0.4) is 0 Å². The van der Waals surface area contributed by atoms with Gasteiger partial charge in [-0.15, -0.1) is 0 Å². The molecule has 0 spiro atoms. The molecule has 3 saturated heterocycles. The highest BCUT2D eigenvalue weighted by Crippen LogP contribution is 2.34. The van der Waals surface area contributed by atoms with Crippen LogP contribution in [0, 0.1) is 0 Å². The Labute approximate surface area is 527 Å². The summed E-state index contributed by atoms with van der Waals surface area (Å²) in [6, 6.07) is 19.6. The molecule has 4 aromatic rings. The number of para-hydroxylation sites is 1. The number of likely N-dealkylation sites (tertiary alicyclic amines) is 1. The molecule has 1 unspecified atom stereocenters. The van der Waals surface area contributed by atoms with Crippen molar-refractivity contribution in [1.29, 1.82) is 0 Å². The van der Waals surface area contributed by atoms with Crippen LogP contribution in [0.4, 0.5) is 20.2 Å². The van der Waals surface area contributed by atoms with Crippen LogP contribution in [0.5, 0.6) is 11.5 Å². The van der Waals surface area contributed by atoms with Gasteiger partial charge in [-0.1, -0.05) is 30.7 Å². The van der Waals surface area contributed by atoms with Crippen molar-refractivity contribution in [2.45, 2.75) is 52.0 Å². The topological polar surface area (TPSA) is 314 Å². The highest BCUT2D eigenvalue weighted by Gasteiger charge is 2.34. The fraction of sp³-hybridized carbons (Fsp3) is 0.516. The molecule has 1 atom stereocenters. The zero-order valence-electron chi connectivity index (χ0n) is 51.0. The van der Waals surface area contributed by atoms with Gasteiger partial charge >= 0.3 is 23.9 Å². The first-order valence-corrected chi connectivity index (χ1v) is 30.6. The molecule has 25 nitrogen and oxygen atoms in total. The first-order valence-electron chi connectivity index (χ1n) is 30.2. The van der Waals surface area contributed by atoms with E-state index >= 15 is 0 Å². The largest absolute Gasteiger partial charge is 0.493 e. The zero-order chi connectivity index (χ0) is 65.1. The van der Waals surface area contributed by atoms with Crippen molar-refractivity contribution in [2.75, 3.05) is 168 Å². The Bertz CT molecular complexity index is 3010. The number of amides is 3. The summed E-state index contributed by atoms with van der Waals surface area (Å²) >= 11 is 5.88. The standard InChI is InChI=1S/C34H55N7O11.C28H29ClF2N4O3/c42-30(23-38-9-11-39(24-31(43)44)13-15-41(26-33(47)48)16-14-40(12-10-38)25-32(45)46)36-5-19-51-18-4-35-28-20-27(34(49)50)21-29(22-28)52-17-3-8-37-6-1-2-7-37;1-3-18-16-34(28(37)19-10-9-17(29)15-21(19)26(30)31)13-14-35(18)23-12-11-22(33-25(23)27(32)36)20-7-5-6-8-24(20)38-4-2/h20-22,35H,1-19,23-26H2,(H,36,42)(H,43,44)(H,45,46)(H,47,48)(H,49,50);5-12,15,18,26H,3-4,13-14,16H2,1-2H3,(H2,32,36). The molecule has 0 saturated carbocycles. The number of nitrogens with one attached hydrogen (secondary N) is 2. The van der Waals surface area contributed by atoms with Crippen molar-refractivity contribution in [1.82, 2.24) is 39.7 Å². The number of benzene rings is 3. The van der Waals surface area contributed by atoms with Gasteiger partial charge in [-0.2, -0.15) is 0 Å². The molecule has 0 aliphatic carbocycles. The number of carboxylic acids is 4. The smallest absolute Gasteiger partial charge is 0.335 e. The lowest BCUT2D eigenvalue weighted by atomic mass is 10.0. The molecule has 3 amide bonds. The minimum absolute atomic E-state index is 0.0110. The number of hydrogen-bond donors (Lipinski definition) is 7. The second kappa shape index (κ2) is 36.8. The van der Waals surface area contributed by atoms with E-state index in [4.69, 9.17) is 31.5 Å². The number of carboxylic acid groups (broad SMARTS) is 4. The van der Waals surface area contributed by atoms with Crippen LogP contribution in [-0.4, -0.2) is 260 Å². The maximum absolute atomic E-state index is 13.6. The normalized spacial score (nSPS) is 16.7. The third-order valence-electron chi connectivity index (χ3n) is 15.4. The maximum Gasteiger partial charge on any atom is 0.335 e. The highest BCUT2D eigenvalue weighted by atomic mass is 35.5. The number of piperazine rings is 1. The summed E-state index contributed by atoms with van der Waals surface area (Å²) in [7, 11) is 0. The number of ether oxygens (including phenoxy) is 3. The first kappa shape index (κ1) is 71.3. The number of anilines is 2. The number of alkyl halides is 2. The molecule has 0 radical (unpaired) electrons. The Morgan fingerprint density at radius 1 is 0.689 bits per heavy atom. The van der Waals surface area contributed by atoms with Gasteiger partial charge in [0.05, 0.1) is 69.6 Å². The number of primary amides is 1. The summed E-state index contributed by atoms with van der Waals surface area (Å²) in [5, 5.41) is 43.8. The lowest BCUT2D eigenvalue weighted by molar-refractivity contribution is -0.140. The van der Waals surface area contributed by atoms with Gasteiger partial charge in [0.15, 0.2) is 5.69 Å². The molecule has 28 heteroatoms. The van der Waals surface area contributed by atoms with Gasteiger partial charge in [-0.25, -0.2) is 18.6 Å². The van der Waals surface area contributed by atoms with Crippen molar-refractivity contribution in [2.24, 2.45) is 5.73 Å². The van der Waals surface area contributed by atoms with E-state index in [1.165, 1.54) is 37.1 Å². The summed E-state index contributed by atoms with van der Waals surface area (Å²) in [5.74, 6) is -4.41. The lowest BCUT2D eigenvalue weighted by Crippen LogP contribution is -2.55. The second-order valence-corrected chi connectivity index (χ2v) is 22.3. The van der Waals surface area contributed by atoms with Gasteiger partial charge in [0.1, 0.15) is 11.5 Å². The third-order valence-corrected chi connectivity index (χ3v) is 15.6. The van der Waals surface area contributed by atoms with Crippen molar-refractivity contribution < 1.29 is 77.0 Å². The number of nitrogens with two attached hydrogens (primary N) is 1. The average Bonchev–Trinajstić information content (AvgIpc) is 1.44. The van der Waals surface area contributed by atoms with E-state index in [-0.39, 0.29) is 91.8 Å². The number of hydrogen-bond acceptors (Lipinski definition) is 18. The predicted molar refractivity (Wildman–Crippen MR) is 333 cm³/mol. The summed E-state index contributed by atoms with van der Waals surface area (Å²) in [5.41, 5.74) is 7.99. The van der Waals surface area contributed by atoms with Crippen LogP contribution in [0.15, 0.2) is 72.8 Å². The number of aromatic nitrogens is 1. The second-order valence-electron chi connectivity index (χ2n) is 21.9. The highest BCUT2D eigenvalue weighted by molar-refractivity contribution is 6.30. The molecule has 90 heavy (non-hydrogen) atoms. The first-order chi connectivity index (χ1) is 43.2. The number of aromatic carboxylic acids is 1. The molecule has 8 N–H and O–H groups in total.